The minimum atomic E-state index is 1.06. The monoisotopic (exact) mass is 195 g/mol. The zero-order valence-corrected chi connectivity index (χ0v) is 9.16. The molecule has 0 unspecified atom stereocenters. The molecule has 0 aromatic heterocycles. The largest absolute Gasteiger partial charge is 0.384 e. The molecule has 0 atom stereocenters. The molecule has 0 heterocycles. The van der Waals surface area contributed by atoms with E-state index in [0.717, 1.165) is 12.3 Å². The Kier molecular flexibility index (Phi) is 4.76. The molecule has 1 N–H and O–H groups in total. The Morgan fingerprint density at radius 3 is 2.69 bits per heavy atom. The fraction of sp³-hybridized carbons (Fsp3) is 0.455. The van der Waals surface area contributed by atoms with Gasteiger partial charge in [-0.25, -0.2) is 0 Å². The van der Waals surface area contributed by atoms with Crippen molar-refractivity contribution in [3.63, 3.8) is 0 Å². The molecule has 0 fully saturated rings. The molecule has 0 aliphatic heterocycles. The van der Waals surface area contributed by atoms with Crippen molar-refractivity contribution < 1.29 is 0 Å². The van der Waals surface area contributed by atoms with Crippen LogP contribution in [0.2, 0.25) is 0 Å². The summed E-state index contributed by atoms with van der Waals surface area (Å²) in [5.41, 5.74) is 1.27. The number of benzene rings is 1. The quantitative estimate of drug-likeness (QED) is 0.720. The summed E-state index contributed by atoms with van der Waals surface area (Å²) in [5.74, 6) is 1.13. The van der Waals surface area contributed by atoms with E-state index in [1.807, 2.05) is 11.8 Å². The van der Waals surface area contributed by atoms with E-state index in [1.165, 1.54) is 17.0 Å². The van der Waals surface area contributed by atoms with Crippen LogP contribution in [0.25, 0.3) is 0 Å². The van der Waals surface area contributed by atoms with Gasteiger partial charge >= 0.3 is 0 Å². The molecule has 1 rings (SSSR count). The zero-order chi connectivity index (χ0) is 9.52. The first kappa shape index (κ1) is 10.5. The van der Waals surface area contributed by atoms with E-state index in [4.69, 9.17) is 0 Å². The third-order valence-corrected chi connectivity index (χ3v) is 2.71. The maximum absolute atomic E-state index is 3.43. The normalized spacial score (nSPS) is 10.0. The van der Waals surface area contributed by atoms with Gasteiger partial charge in [-0.1, -0.05) is 26.0 Å². The van der Waals surface area contributed by atoms with E-state index >= 15 is 0 Å². The Hall–Kier alpha value is -0.630. The fourth-order valence-corrected chi connectivity index (χ4v) is 1.94. The number of rotatable bonds is 5. The molecule has 0 saturated carbocycles. The predicted molar refractivity (Wildman–Crippen MR) is 61.6 cm³/mol. The molecule has 13 heavy (non-hydrogen) atoms. The molecule has 1 aromatic carbocycles. The molecular formula is C11H17NS. The maximum Gasteiger partial charge on any atom is 0.0478 e. The lowest BCUT2D eigenvalue weighted by Crippen LogP contribution is -2.00. The minimum Gasteiger partial charge on any atom is -0.384 e. The first-order valence-electron chi connectivity index (χ1n) is 4.84. The highest BCUT2D eigenvalue weighted by atomic mass is 32.2. The third kappa shape index (κ3) is 3.31. The highest BCUT2D eigenvalue weighted by Gasteiger charge is 1.98. The SMILES string of the molecule is CCCNc1ccccc1SCC. The van der Waals surface area contributed by atoms with E-state index < -0.39 is 0 Å². The highest BCUT2D eigenvalue weighted by molar-refractivity contribution is 7.99. The van der Waals surface area contributed by atoms with Crippen molar-refractivity contribution in [1.29, 1.82) is 0 Å². The van der Waals surface area contributed by atoms with Crippen LogP contribution < -0.4 is 5.32 Å². The molecule has 0 bridgehead atoms. The van der Waals surface area contributed by atoms with Gasteiger partial charge in [0.15, 0.2) is 0 Å². The van der Waals surface area contributed by atoms with E-state index in [9.17, 15) is 0 Å². The van der Waals surface area contributed by atoms with E-state index in [0.29, 0.717) is 0 Å². The van der Waals surface area contributed by atoms with Gasteiger partial charge in [0.25, 0.3) is 0 Å². The van der Waals surface area contributed by atoms with Crippen molar-refractivity contribution in [2.45, 2.75) is 25.2 Å². The van der Waals surface area contributed by atoms with Crippen LogP contribution in [0.15, 0.2) is 29.2 Å². The average Bonchev–Trinajstić information content (AvgIpc) is 2.17. The molecule has 1 nitrogen and oxygen atoms in total. The molecule has 0 aliphatic rings. The number of nitrogens with one attached hydrogen (secondary N) is 1. The summed E-state index contributed by atoms with van der Waals surface area (Å²) < 4.78 is 0. The Morgan fingerprint density at radius 1 is 1.23 bits per heavy atom. The minimum absolute atomic E-state index is 1.06. The third-order valence-electron chi connectivity index (χ3n) is 1.75. The summed E-state index contributed by atoms with van der Waals surface area (Å²) in [6.45, 7) is 5.42. The first-order valence-corrected chi connectivity index (χ1v) is 5.82. The van der Waals surface area contributed by atoms with Gasteiger partial charge in [-0.15, -0.1) is 11.8 Å². The van der Waals surface area contributed by atoms with Crippen LogP contribution in [0.1, 0.15) is 20.3 Å². The second kappa shape index (κ2) is 5.92. The Bertz CT molecular complexity index is 248. The standard InChI is InChI=1S/C11H17NS/c1-3-9-12-10-7-5-6-8-11(10)13-4-2/h5-8,12H,3-4,9H2,1-2H3. The number of hydrogen-bond donors (Lipinski definition) is 1. The maximum atomic E-state index is 3.43. The molecule has 0 spiro atoms. The summed E-state index contributed by atoms with van der Waals surface area (Å²) in [6, 6.07) is 8.49. The summed E-state index contributed by atoms with van der Waals surface area (Å²) in [6.07, 6.45) is 1.17. The molecule has 0 aliphatic carbocycles. The van der Waals surface area contributed by atoms with Gasteiger partial charge < -0.3 is 5.32 Å². The second-order valence-electron chi connectivity index (χ2n) is 2.86. The van der Waals surface area contributed by atoms with Crippen LogP contribution in [-0.4, -0.2) is 12.3 Å². The van der Waals surface area contributed by atoms with E-state index in [-0.39, 0.29) is 0 Å². The van der Waals surface area contributed by atoms with Gasteiger partial charge in [-0.3, -0.25) is 0 Å². The highest BCUT2D eigenvalue weighted by Crippen LogP contribution is 2.26. The van der Waals surface area contributed by atoms with Gasteiger partial charge in [0.2, 0.25) is 0 Å². The van der Waals surface area contributed by atoms with Gasteiger partial charge in [0.05, 0.1) is 0 Å². The molecule has 72 valence electrons. The molecule has 2 heteroatoms. The van der Waals surface area contributed by atoms with E-state index in [1.54, 1.807) is 0 Å². The topological polar surface area (TPSA) is 12.0 Å². The number of hydrogen-bond acceptors (Lipinski definition) is 2. The number of para-hydroxylation sites is 1. The van der Waals surface area contributed by atoms with Crippen LogP contribution in [0.4, 0.5) is 5.69 Å². The lowest BCUT2D eigenvalue weighted by atomic mass is 10.3. The van der Waals surface area contributed by atoms with E-state index in [2.05, 4.69) is 43.4 Å². The average molecular weight is 195 g/mol. The van der Waals surface area contributed by atoms with Crippen molar-refractivity contribution in [3.8, 4) is 0 Å². The van der Waals surface area contributed by atoms with Crippen molar-refractivity contribution in [1.82, 2.24) is 0 Å². The van der Waals surface area contributed by atoms with Gasteiger partial charge in [0, 0.05) is 17.1 Å². The summed E-state index contributed by atoms with van der Waals surface area (Å²) >= 11 is 1.89. The lowest BCUT2D eigenvalue weighted by Gasteiger charge is -2.09. The fourth-order valence-electron chi connectivity index (χ4n) is 1.15. The predicted octanol–water partition coefficient (Wildman–Crippen LogP) is 3.62. The van der Waals surface area contributed by atoms with Crippen LogP contribution in [0.5, 0.6) is 0 Å². The molecular weight excluding hydrogens is 178 g/mol. The first-order chi connectivity index (χ1) is 6.38. The van der Waals surface area contributed by atoms with Crippen LogP contribution in [-0.2, 0) is 0 Å². The Balaban J connectivity index is 2.66. The molecule has 0 saturated heterocycles. The lowest BCUT2D eigenvalue weighted by molar-refractivity contribution is 0.974. The Labute approximate surface area is 84.9 Å². The summed E-state index contributed by atoms with van der Waals surface area (Å²) in [7, 11) is 0. The Morgan fingerprint density at radius 2 is 2.00 bits per heavy atom. The molecule has 0 amide bonds. The van der Waals surface area contributed by atoms with Crippen molar-refractivity contribution in [2.24, 2.45) is 0 Å². The molecule has 0 radical (unpaired) electrons. The smallest absolute Gasteiger partial charge is 0.0478 e. The zero-order valence-electron chi connectivity index (χ0n) is 8.34. The van der Waals surface area contributed by atoms with Crippen molar-refractivity contribution in [2.75, 3.05) is 17.6 Å². The van der Waals surface area contributed by atoms with Crippen LogP contribution in [0, 0.1) is 0 Å². The van der Waals surface area contributed by atoms with Gasteiger partial charge in [-0.2, -0.15) is 0 Å². The van der Waals surface area contributed by atoms with Gasteiger partial charge in [-0.05, 0) is 24.3 Å². The van der Waals surface area contributed by atoms with Crippen molar-refractivity contribution in [3.05, 3.63) is 24.3 Å². The number of anilines is 1. The summed E-state index contributed by atoms with van der Waals surface area (Å²) in [4.78, 5) is 1.36. The summed E-state index contributed by atoms with van der Waals surface area (Å²) in [5, 5.41) is 3.43. The second-order valence-corrected chi connectivity index (χ2v) is 4.16. The van der Waals surface area contributed by atoms with Crippen LogP contribution >= 0.6 is 11.8 Å². The number of thioether (sulfide) groups is 1. The van der Waals surface area contributed by atoms with Crippen LogP contribution in [0.3, 0.4) is 0 Å². The van der Waals surface area contributed by atoms with Gasteiger partial charge in [0.1, 0.15) is 0 Å². The molecule has 1 aromatic rings. The van der Waals surface area contributed by atoms with Crippen molar-refractivity contribution >= 4 is 17.4 Å².